The molecule has 0 unspecified atom stereocenters. The van der Waals surface area contributed by atoms with Gasteiger partial charge in [0.15, 0.2) is 17.5 Å². The highest BCUT2D eigenvalue weighted by Gasteiger charge is 2.17. The SMILES string of the molecule is Fc1cc(CNC2CCC2)cc(F)c1F. The molecule has 15 heavy (non-hydrogen) atoms. The van der Waals surface area contributed by atoms with E-state index in [0.717, 1.165) is 25.0 Å². The van der Waals surface area contributed by atoms with Crippen LogP contribution in [0.4, 0.5) is 13.2 Å². The minimum Gasteiger partial charge on any atom is -0.310 e. The molecule has 1 aliphatic rings. The maximum atomic E-state index is 12.8. The van der Waals surface area contributed by atoms with Crippen LogP contribution in [0.1, 0.15) is 24.8 Å². The first-order valence-corrected chi connectivity index (χ1v) is 5.03. The van der Waals surface area contributed by atoms with Gasteiger partial charge in [-0.05, 0) is 30.5 Å². The van der Waals surface area contributed by atoms with Crippen LogP contribution in [0.3, 0.4) is 0 Å². The van der Waals surface area contributed by atoms with E-state index in [0.29, 0.717) is 18.2 Å². The van der Waals surface area contributed by atoms with E-state index < -0.39 is 17.5 Å². The number of hydrogen-bond acceptors (Lipinski definition) is 1. The molecule has 2 rings (SSSR count). The summed E-state index contributed by atoms with van der Waals surface area (Å²) in [4.78, 5) is 0. The maximum absolute atomic E-state index is 12.8. The van der Waals surface area contributed by atoms with Gasteiger partial charge in [-0.2, -0.15) is 0 Å². The van der Waals surface area contributed by atoms with E-state index in [1.54, 1.807) is 0 Å². The molecule has 4 heteroatoms. The van der Waals surface area contributed by atoms with Crippen molar-refractivity contribution in [1.29, 1.82) is 0 Å². The second-order valence-electron chi connectivity index (χ2n) is 3.88. The second-order valence-corrected chi connectivity index (χ2v) is 3.88. The summed E-state index contributed by atoms with van der Waals surface area (Å²) < 4.78 is 38.3. The van der Waals surface area contributed by atoms with Crippen molar-refractivity contribution in [2.45, 2.75) is 31.8 Å². The van der Waals surface area contributed by atoms with Crippen molar-refractivity contribution >= 4 is 0 Å². The number of benzene rings is 1. The van der Waals surface area contributed by atoms with Crippen molar-refractivity contribution in [2.75, 3.05) is 0 Å². The van der Waals surface area contributed by atoms with E-state index in [4.69, 9.17) is 0 Å². The molecule has 0 spiro atoms. The fourth-order valence-electron chi connectivity index (χ4n) is 1.58. The van der Waals surface area contributed by atoms with E-state index in [2.05, 4.69) is 5.32 Å². The topological polar surface area (TPSA) is 12.0 Å². The predicted molar refractivity (Wildman–Crippen MR) is 50.8 cm³/mol. The van der Waals surface area contributed by atoms with Crippen molar-refractivity contribution < 1.29 is 13.2 Å². The summed E-state index contributed by atoms with van der Waals surface area (Å²) in [6, 6.07) is 2.51. The molecule has 0 radical (unpaired) electrons. The zero-order valence-corrected chi connectivity index (χ0v) is 8.19. The van der Waals surface area contributed by atoms with Crippen molar-refractivity contribution in [3.8, 4) is 0 Å². The van der Waals surface area contributed by atoms with Crippen molar-refractivity contribution in [3.63, 3.8) is 0 Å². The quantitative estimate of drug-likeness (QED) is 0.764. The normalized spacial score (nSPS) is 16.5. The van der Waals surface area contributed by atoms with Crippen LogP contribution in [0.25, 0.3) is 0 Å². The first-order valence-electron chi connectivity index (χ1n) is 5.03. The van der Waals surface area contributed by atoms with Gasteiger partial charge in [-0.3, -0.25) is 0 Å². The Morgan fingerprint density at radius 2 is 1.73 bits per heavy atom. The van der Waals surface area contributed by atoms with Crippen LogP contribution >= 0.6 is 0 Å². The molecule has 1 aromatic rings. The maximum Gasteiger partial charge on any atom is 0.194 e. The fourth-order valence-corrected chi connectivity index (χ4v) is 1.58. The van der Waals surface area contributed by atoms with Gasteiger partial charge < -0.3 is 5.32 Å². The highest BCUT2D eigenvalue weighted by atomic mass is 19.2. The Bertz CT molecular complexity index is 338. The standard InChI is InChI=1S/C11H12F3N/c12-9-4-7(5-10(13)11(9)14)6-15-8-2-1-3-8/h4-5,8,15H,1-3,6H2. The third-order valence-electron chi connectivity index (χ3n) is 2.74. The average molecular weight is 215 g/mol. The fraction of sp³-hybridized carbons (Fsp3) is 0.455. The summed E-state index contributed by atoms with van der Waals surface area (Å²) in [7, 11) is 0. The van der Waals surface area contributed by atoms with Gasteiger partial charge in [-0.25, -0.2) is 13.2 Å². The lowest BCUT2D eigenvalue weighted by molar-refractivity contribution is 0.337. The van der Waals surface area contributed by atoms with Crippen LogP contribution in [0, 0.1) is 17.5 Å². The predicted octanol–water partition coefficient (Wildman–Crippen LogP) is 2.75. The highest BCUT2D eigenvalue weighted by molar-refractivity contribution is 5.19. The van der Waals surface area contributed by atoms with Crippen LogP contribution in [-0.4, -0.2) is 6.04 Å². The molecule has 0 amide bonds. The number of hydrogen-bond donors (Lipinski definition) is 1. The summed E-state index contributed by atoms with van der Waals surface area (Å²) in [5.41, 5.74) is 0.443. The Morgan fingerprint density at radius 3 is 2.20 bits per heavy atom. The van der Waals surface area contributed by atoms with Gasteiger partial charge in [0, 0.05) is 12.6 Å². The average Bonchev–Trinajstić information content (AvgIpc) is 2.11. The number of nitrogens with one attached hydrogen (secondary N) is 1. The van der Waals surface area contributed by atoms with E-state index in [-0.39, 0.29) is 0 Å². The minimum atomic E-state index is -1.40. The van der Waals surface area contributed by atoms with Crippen LogP contribution in [-0.2, 0) is 6.54 Å². The van der Waals surface area contributed by atoms with Gasteiger partial charge in [0.25, 0.3) is 0 Å². The molecule has 0 atom stereocenters. The van der Waals surface area contributed by atoms with Crippen molar-refractivity contribution in [2.24, 2.45) is 0 Å². The number of rotatable bonds is 3. The van der Waals surface area contributed by atoms with Gasteiger partial charge in [-0.1, -0.05) is 6.42 Å². The lowest BCUT2D eigenvalue weighted by Crippen LogP contribution is -2.34. The highest BCUT2D eigenvalue weighted by Crippen LogP contribution is 2.19. The second kappa shape index (κ2) is 4.23. The third kappa shape index (κ3) is 2.31. The van der Waals surface area contributed by atoms with E-state index in [1.807, 2.05) is 0 Å². The Morgan fingerprint density at radius 1 is 1.13 bits per heavy atom. The lowest BCUT2D eigenvalue weighted by atomic mass is 9.93. The Kier molecular flexibility index (Phi) is 2.95. The number of halogens is 3. The molecule has 0 aliphatic heterocycles. The lowest BCUT2D eigenvalue weighted by Gasteiger charge is -2.26. The molecule has 1 nitrogen and oxygen atoms in total. The van der Waals surface area contributed by atoms with Gasteiger partial charge in [0.1, 0.15) is 0 Å². The van der Waals surface area contributed by atoms with Crippen molar-refractivity contribution in [1.82, 2.24) is 5.32 Å². The third-order valence-corrected chi connectivity index (χ3v) is 2.74. The first-order chi connectivity index (χ1) is 7.16. The molecule has 0 aromatic heterocycles. The van der Waals surface area contributed by atoms with Crippen LogP contribution in [0.5, 0.6) is 0 Å². The van der Waals surface area contributed by atoms with Gasteiger partial charge >= 0.3 is 0 Å². The molecule has 1 aromatic carbocycles. The first kappa shape index (κ1) is 10.5. The van der Waals surface area contributed by atoms with E-state index in [9.17, 15) is 13.2 Å². The Labute approximate surface area is 86.3 Å². The van der Waals surface area contributed by atoms with E-state index >= 15 is 0 Å². The Hall–Kier alpha value is -1.03. The molecule has 1 aliphatic carbocycles. The minimum absolute atomic E-state index is 0.388. The van der Waals surface area contributed by atoms with Crippen LogP contribution in [0.15, 0.2) is 12.1 Å². The van der Waals surface area contributed by atoms with Gasteiger partial charge in [-0.15, -0.1) is 0 Å². The molecular weight excluding hydrogens is 203 g/mol. The molecule has 1 saturated carbocycles. The molecule has 1 N–H and O–H groups in total. The molecule has 1 fully saturated rings. The van der Waals surface area contributed by atoms with Gasteiger partial charge in [0.2, 0.25) is 0 Å². The smallest absolute Gasteiger partial charge is 0.194 e. The zero-order chi connectivity index (χ0) is 10.8. The zero-order valence-electron chi connectivity index (χ0n) is 8.19. The molecular formula is C11H12F3N. The summed E-state index contributed by atoms with van der Waals surface area (Å²) in [6.45, 7) is 0.388. The van der Waals surface area contributed by atoms with Crippen LogP contribution < -0.4 is 5.32 Å². The largest absolute Gasteiger partial charge is 0.310 e. The molecule has 82 valence electrons. The molecule has 0 bridgehead atoms. The summed E-state index contributed by atoms with van der Waals surface area (Å²) >= 11 is 0. The Balaban J connectivity index is 2.01. The van der Waals surface area contributed by atoms with Gasteiger partial charge in [0.05, 0.1) is 0 Å². The monoisotopic (exact) mass is 215 g/mol. The molecule has 0 saturated heterocycles. The molecule has 0 heterocycles. The summed E-state index contributed by atoms with van der Waals surface area (Å²) in [5.74, 6) is -3.65. The van der Waals surface area contributed by atoms with Crippen molar-refractivity contribution in [3.05, 3.63) is 35.1 Å². The summed E-state index contributed by atoms with van der Waals surface area (Å²) in [5, 5.41) is 3.15. The van der Waals surface area contributed by atoms with E-state index in [1.165, 1.54) is 6.42 Å². The summed E-state index contributed by atoms with van der Waals surface area (Å²) in [6.07, 6.45) is 3.40. The van der Waals surface area contributed by atoms with Crippen LogP contribution in [0.2, 0.25) is 0 Å².